The van der Waals surface area contributed by atoms with Crippen LogP contribution in [-0.4, -0.2) is 22.8 Å². The van der Waals surface area contributed by atoms with E-state index in [-0.39, 0.29) is 23.9 Å². The summed E-state index contributed by atoms with van der Waals surface area (Å²) in [5, 5.41) is 5.07. The number of aryl methyl sites for hydroxylation is 2. The van der Waals surface area contributed by atoms with Crippen LogP contribution in [0.4, 0.5) is 5.69 Å². The summed E-state index contributed by atoms with van der Waals surface area (Å²) in [6, 6.07) is 9.13. The molecule has 0 bridgehead atoms. The van der Waals surface area contributed by atoms with Crippen LogP contribution in [0.1, 0.15) is 29.7 Å². The van der Waals surface area contributed by atoms with Crippen LogP contribution in [0.5, 0.6) is 0 Å². The highest BCUT2D eigenvalue weighted by molar-refractivity contribution is 7.80. The van der Waals surface area contributed by atoms with Crippen LogP contribution in [0.3, 0.4) is 0 Å². The van der Waals surface area contributed by atoms with Gasteiger partial charge in [-0.15, -0.1) is 0 Å². The predicted octanol–water partition coefficient (Wildman–Crippen LogP) is 2.35. The summed E-state index contributed by atoms with van der Waals surface area (Å²) >= 11 is 4.92. The fourth-order valence-corrected chi connectivity index (χ4v) is 2.38. The highest BCUT2D eigenvalue weighted by Gasteiger charge is 2.09. The average molecular weight is 414 g/mol. The summed E-state index contributed by atoms with van der Waals surface area (Å²) in [6.45, 7) is 3.83. The summed E-state index contributed by atoms with van der Waals surface area (Å²) < 4.78 is 5.06. The first kappa shape index (κ1) is 21.8. The zero-order chi connectivity index (χ0) is 21.2. The third kappa shape index (κ3) is 7.97. The minimum absolute atomic E-state index is 0.00585. The first-order chi connectivity index (χ1) is 13.8. The number of nitrogens with one attached hydrogen (secondary N) is 4. The molecule has 0 atom stereocenters. The molecule has 2 aromatic rings. The molecule has 0 fully saturated rings. The lowest BCUT2D eigenvalue weighted by atomic mass is 10.1. The van der Waals surface area contributed by atoms with E-state index < -0.39 is 11.8 Å². The van der Waals surface area contributed by atoms with Gasteiger partial charge in [0, 0.05) is 24.6 Å². The number of furan rings is 1. The van der Waals surface area contributed by atoms with Gasteiger partial charge in [-0.25, -0.2) is 0 Å². The molecule has 8 nitrogen and oxygen atoms in total. The zero-order valence-electron chi connectivity index (χ0n) is 16.1. The molecule has 0 aliphatic rings. The molecule has 0 aliphatic carbocycles. The van der Waals surface area contributed by atoms with Gasteiger partial charge in [-0.3, -0.25) is 30.6 Å². The Morgan fingerprint density at radius 2 is 1.83 bits per heavy atom. The second-order valence-electron chi connectivity index (χ2n) is 6.21. The Bertz CT molecular complexity index is 923. The number of rotatable bonds is 6. The molecule has 0 radical (unpaired) electrons. The maximum absolute atomic E-state index is 12.0. The first-order valence-electron chi connectivity index (χ1n) is 8.82. The standard InChI is InChI=1S/C20H22N4O4S/c1-13-5-6-14(2)16(12-13)21-17(25)9-10-19(27)23-24-20(29)22-18(26)8-7-15-4-3-11-28-15/h3-8,11-12H,9-10H2,1-2H3,(H,21,25)(H,23,27)(H2,22,24,26,29). The summed E-state index contributed by atoms with van der Waals surface area (Å²) in [6.07, 6.45) is 4.17. The molecule has 1 aromatic carbocycles. The van der Waals surface area contributed by atoms with Crippen molar-refractivity contribution in [2.45, 2.75) is 26.7 Å². The quantitative estimate of drug-likeness (QED) is 0.328. The Morgan fingerprint density at radius 3 is 2.55 bits per heavy atom. The highest BCUT2D eigenvalue weighted by atomic mass is 32.1. The maximum atomic E-state index is 12.0. The SMILES string of the molecule is Cc1ccc(C)c(NC(=O)CCC(=O)NNC(=S)NC(=O)C=Cc2ccco2)c1. The molecule has 0 spiro atoms. The van der Waals surface area contributed by atoms with Crippen LogP contribution in [0.25, 0.3) is 6.08 Å². The van der Waals surface area contributed by atoms with E-state index in [0.29, 0.717) is 5.76 Å². The molecular weight excluding hydrogens is 392 g/mol. The smallest absolute Gasteiger partial charge is 0.250 e. The number of hydrazine groups is 1. The third-order valence-corrected chi connectivity index (χ3v) is 3.94. The number of amides is 3. The van der Waals surface area contributed by atoms with Crippen molar-refractivity contribution in [1.82, 2.24) is 16.2 Å². The van der Waals surface area contributed by atoms with Crippen molar-refractivity contribution >= 4 is 46.8 Å². The van der Waals surface area contributed by atoms with Crippen molar-refractivity contribution in [2.24, 2.45) is 0 Å². The molecule has 1 heterocycles. The highest BCUT2D eigenvalue weighted by Crippen LogP contribution is 2.16. The van der Waals surface area contributed by atoms with Crippen molar-refractivity contribution in [1.29, 1.82) is 0 Å². The van der Waals surface area contributed by atoms with E-state index in [1.54, 1.807) is 12.1 Å². The van der Waals surface area contributed by atoms with Crippen LogP contribution in [0, 0.1) is 13.8 Å². The number of thiocarbonyl (C=S) groups is 1. The molecule has 3 amide bonds. The largest absolute Gasteiger partial charge is 0.465 e. The fourth-order valence-electron chi connectivity index (χ4n) is 2.23. The molecule has 0 saturated carbocycles. The van der Waals surface area contributed by atoms with Gasteiger partial charge in [0.1, 0.15) is 5.76 Å². The van der Waals surface area contributed by atoms with E-state index >= 15 is 0 Å². The molecule has 4 N–H and O–H groups in total. The monoisotopic (exact) mass is 414 g/mol. The van der Waals surface area contributed by atoms with Gasteiger partial charge < -0.3 is 9.73 Å². The molecule has 2 rings (SSSR count). The molecular formula is C20H22N4O4S. The average Bonchev–Trinajstić information content (AvgIpc) is 3.19. The topological polar surface area (TPSA) is 112 Å². The number of anilines is 1. The van der Waals surface area contributed by atoms with Gasteiger partial charge >= 0.3 is 0 Å². The summed E-state index contributed by atoms with van der Waals surface area (Å²) in [5.41, 5.74) is 7.43. The maximum Gasteiger partial charge on any atom is 0.250 e. The lowest BCUT2D eigenvalue weighted by molar-refractivity contribution is -0.124. The second kappa shape index (κ2) is 10.8. The Labute approximate surface area is 173 Å². The molecule has 1 aromatic heterocycles. The molecule has 0 saturated heterocycles. The van der Waals surface area contributed by atoms with Crippen LogP contribution in [0.15, 0.2) is 47.1 Å². The van der Waals surface area contributed by atoms with Crippen LogP contribution in [-0.2, 0) is 14.4 Å². The normalized spacial score (nSPS) is 10.4. The summed E-state index contributed by atoms with van der Waals surface area (Å²) in [4.78, 5) is 35.6. The van der Waals surface area contributed by atoms with Gasteiger partial charge in [0.2, 0.25) is 17.7 Å². The predicted molar refractivity (Wildman–Crippen MR) is 114 cm³/mol. The number of carbonyl (C=O) groups excluding carboxylic acids is 3. The van der Waals surface area contributed by atoms with Crippen LogP contribution in [0.2, 0.25) is 0 Å². The Hall–Kier alpha value is -3.46. The molecule has 29 heavy (non-hydrogen) atoms. The van der Waals surface area contributed by atoms with Crippen molar-refractivity contribution < 1.29 is 18.8 Å². The van der Waals surface area contributed by atoms with E-state index in [0.717, 1.165) is 16.8 Å². The Morgan fingerprint density at radius 1 is 1.07 bits per heavy atom. The van der Waals surface area contributed by atoms with Crippen molar-refractivity contribution in [2.75, 3.05) is 5.32 Å². The molecule has 9 heteroatoms. The summed E-state index contributed by atoms with van der Waals surface area (Å²) in [5.74, 6) is -0.677. The van der Waals surface area contributed by atoms with Gasteiger partial charge in [0.25, 0.3) is 0 Å². The van der Waals surface area contributed by atoms with Crippen LogP contribution >= 0.6 is 12.2 Å². The van der Waals surface area contributed by atoms with Gasteiger partial charge in [-0.1, -0.05) is 12.1 Å². The number of hydrogen-bond acceptors (Lipinski definition) is 5. The summed E-state index contributed by atoms with van der Waals surface area (Å²) in [7, 11) is 0. The number of carbonyl (C=O) groups is 3. The van der Waals surface area contributed by atoms with E-state index in [2.05, 4.69) is 21.5 Å². The van der Waals surface area contributed by atoms with Gasteiger partial charge in [0.15, 0.2) is 5.11 Å². The molecule has 152 valence electrons. The number of hydrogen-bond donors (Lipinski definition) is 4. The van der Waals surface area contributed by atoms with E-state index in [9.17, 15) is 14.4 Å². The second-order valence-corrected chi connectivity index (χ2v) is 6.62. The van der Waals surface area contributed by atoms with E-state index in [1.807, 2.05) is 32.0 Å². The molecule has 0 aliphatic heterocycles. The Balaban J connectivity index is 1.67. The van der Waals surface area contributed by atoms with E-state index in [4.69, 9.17) is 16.6 Å². The van der Waals surface area contributed by atoms with Crippen LogP contribution < -0.4 is 21.5 Å². The van der Waals surface area contributed by atoms with Crippen molar-refractivity contribution in [3.63, 3.8) is 0 Å². The lowest BCUT2D eigenvalue weighted by Crippen LogP contribution is -2.48. The van der Waals surface area contributed by atoms with Gasteiger partial charge in [0.05, 0.1) is 6.26 Å². The fraction of sp³-hybridized carbons (Fsp3) is 0.200. The van der Waals surface area contributed by atoms with Crippen molar-refractivity contribution in [3.8, 4) is 0 Å². The van der Waals surface area contributed by atoms with Gasteiger partial charge in [-0.2, -0.15) is 0 Å². The number of benzene rings is 1. The lowest BCUT2D eigenvalue weighted by Gasteiger charge is -2.11. The minimum atomic E-state index is -0.485. The molecule has 0 unspecified atom stereocenters. The zero-order valence-corrected chi connectivity index (χ0v) is 16.9. The first-order valence-corrected chi connectivity index (χ1v) is 9.23. The Kier molecular flexibility index (Phi) is 8.11. The third-order valence-electron chi connectivity index (χ3n) is 3.74. The minimum Gasteiger partial charge on any atom is -0.465 e. The van der Waals surface area contributed by atoms with Gasteiger partial charge in [-0.05, 0) is 61.5 Å². The van der Waals surface area contributed by atoms with Crippen molar-refractivity contribution in [3.05, 3.63) is 59.6 Å². The van der Waals surface area contributed by atoms with E-state index in [1.165, 1.54) is 18.4 Å².